The second kappa shape index (κ2) is 5.20. The molecule has 0 bridgehead atoms. The Morgan fingerprint density at radius 1 is 1.32 bits per heavy atom. The van der Waals surface area contributed by atoms with Crippen molar-refractivity contribution in [3.05, 3.63) is 0 Å². The van der Waals surface area contributed by atoms with Crippen molar-refractivity contribution in [1.29, 1.82) is 0 Å². The van der Waals surface area contributed by atoms with Crippen LogP contribution in [-0.2, 0) is 14.3 Å². The van der Waals surface area contributed by atoms with E-state index in [1.165, 1.54) is 12.0 Å². The van der Waals surface area contributed by atoms with E-state index in [9.17, 15) is 14.7 Å². The van der Waals surface area contributed by atoms with Crippen LogP contribution in [0, 0.1) is 0 Å². The van der Waals surface area contributed by atoms with E-state index >= 15 is 0 Å². The van der Waals surface area contributed by atoms with Gasteiger partial charge in [-0.3, -0.25) is 4.90 Å². The fraction of sp³-hybridized carbons (Fsp3) is 0.833. The summed E-state index contributed by atoms with van der Waals surface area (Å²) in [7, 11) is 1.22. The van der Waals surface area contributed by atoms with Crippen molar-refractivity contribution < 1.29 is 24.2 Å². The van der Waals surface area contributed by atoms with Crippen LogP contribution in [0.3, 0.4) is 0 Å². The van der Waals surface area contributed by atoms with Crippen LogP contribution in [0.15, 0.2) is 0 Å². The van der Waals surface area contributed by atoms with Gasteiger partial charge < -0.3 is 14.6 Å². The number of ether oxygens (including phenoxy) is 2. The molecule has 0 aromatic carbocycles. The largest absolute Gasteiger partial charge is 0.467 e. The number of thioether (sulfide) groups is 1. The number of carbonyl (C=O) groups excluding carboxylic acids is 2. The lowest BCUT2D eigenvalue weighted by atomic mass is 10.2. The van der Waals surface area contributed by atoms with Gasteiger partial charge in [-0.15, -0.1) is 11.8 Å². The number of hydrogen-bond donors (Lipinski definition) is 1. The average molecular weight is 291 g/mol. The van der Waals surface area contributed by atoms with Gasteiger partial charge in [0.05, 0.1) is 12.0 Å². The molecular weight excluding hydrogens is 270 g/mol. The summed E-state index contributed by atoms with van der Waals surface area (Å²) in [5.74, 6) is -0.656. The molecular formula is C12H21NO5S. The van der Waals surface area contributed by atoms with Crippen LogP contribution in [0.1, 0.15) is 34.6 Å². The maximum atomic E-state index is 12.2. The van der Waals surface area contributed by atoms with Gasteiger partial charge in [-0.1, -0.05) is 0 Å². The zero-order valence-electron chi connectivity index (χ0n) is 12.1. The van der Waals surface area contributed by atoms with Gasteiger partial charge in [0.2, 0.25) is 0 Å². The normalized spacial score (nSPS) is 26.2. The van der Waals surface area contributed by atoms with Crippen LogP contribution in [0.4, 0.5) is 4.79 Å². The van der Waals surface area contributed by atoms with Crippen LogP contribution in [0.2, 0.25) is 0 Å². The molecule has 0 aromatic rings. The monoisotopic (exact) mass is 291 g/mol. The number of aliphatic hydroxyl groups is 1. The van der Waals surface area contributed by atoms with Gasteiger partial charge >= 0.3 is 12.1 Å². The summed E-state index contributed by atoms with van der Waals surface area (Å²) in [5, 5.41) is 9.96. The van der Waals surface area contributed by atoms with Crippen LogP contribution in [0.25, 0.3) is 0 Å². The Morgan fingerprint density at radius 3 is 2.26 bits per heavy atom. The molecule has 0 radical (unpaired) electrons. The molecule has 1 heterocycles. The van der Waals surface area contributed by atoms with Gasteiger partial charge in [-0.25, -0.2) is 9.59 Å². The highest BCUT2D eigenvalue weighted by molar-refractivity contribution is 8.01. The third-order valence-corrected chi connectivity index (χ3v) is 3.84. The molecule has 0 saturated carbocycles. The summed E-state index contributed by atoms with van der Waals surface area (Å²) in [6.45, 7) is 8.71. The van der Waals surface area contributed by atoms with E-state index in [-0.39, 0.29) is 0 Å². The van der Waals surface area contributed by atoms with Crippen molar-refractivity contribution >= 4 is 23.8 Å². The molecule has 0 spiro atoms. The van der Waals surface area contributed by atoms with E-state index in [4.69, 9.17) is 4.74 Å². The number of carbonyl (C=O) groups is 2. The topological polar surface area (TPSA) is 76.1 Å². The van der Waals surface area contributed by atoms with E-state index in [2.05, 4.69) is 4.74 Å². The van der Waals surface area contributed by atoms with Crippen LogP contribution < -0.4 is 0 Å². The lowest BCUT2D eigenvalue weighted by molar-refractivity contribution is -0.149. The lowest BCUT2D eigenvalue weighted by Gasteiger charge is -2.34. The number of amides is 1. The molecule has 1 fully saturated rings. The van der Waals surface area contributed by atoms with Crippen LogP contribution >= 0.6 is 11.8 Å². The molecule has 1 N–H and O–H groups in total. The minimum atomic E-state index is -1.06. The zero-order valence-corrected chi connectivity index (χ0v) is 12.9. The van der Waals surface area contributed by atoms with E-state index in [1.807, 2.05) is 0 Å². The van der Waals surface area contributed by atoms with Gasteiger partial charge in [0, 0.05) is 0 Å². The van der Waals surface area contributed by atoms with E-state index in [0.29, 0.717) is 0 Å². The fourth-order valence-corrected chi connectivity index (χ4v) is 3.12. The first kappa shape index (κ1) is 16.1. The maximum Gasteiger partial charge on any atom is 0.412 e. The smallest absolute Gasteiger partial charge is 0.412 e. The van der Waals surface area contributed by atoms with Crippen molar-refractivity contribution in [1.82, 2.24) is 4.90 Å². The standard InChI is InChI=1S/C12H21NO5S/c1-11(2,3)18-10(16)13-7(8(14)17-6)9(15)19-12(13,4)5/h7,9,15H,1-6H3/t7-,9+/m1/s1. The van der Waals surface area contributed by atoms with Crippen molar-refractivity contribution in [3.63, 3.8) is 0 Å². The molecule has 2 atom stereocenters. The van der Waals surface area contributed by atoms with Crippen molar-refractivity contribution in [2.24, 2.45) is 0 Å². The second-order valence-corrected chi connectivity index (χ2v) is 7.49. The summed E-state index contributed by atoms with van der Waals surface area (Å²) >= 11 is 1.12. The Kier molecular flexibility index (Phi) is 4.41. The van der Waals surface area contributed by atoms with Gasteiger partial charge in [-0.05, 0) is 34.6 Å². The highest BCUT2D eigenvalue weighted by Gasteiger charge is 2.54. The SMILES string of the molecule is COC(=O)[C@@H]1[C@@H](O)SC(C)(C)N1C(=O)OC(C)(C)C. The van der Waals surface area contributed by atoms with E-state index in [0.717, 1.165) is 11.8 Å². The predicted octanol–water partition coefficient (Wildman–Crippen LogP) is 1.57. The third-order valence-electron chi connectivity index (χ3n) is 2.57. The van der Waals surface area contributed by atoms with E-state index in [1.54, 1.807) is 34.6 Å². The molecule has 19 heavy (non-hydrogen) atoms. The van der Waals surface area contributed by atoms with E-state index < -0.39 is 34.0 Å². The summed E-state index contributed by atoms with van der Waals surface area (Å²) in [4.78, 5) is 24.5. The number of rotatable bonds is 1. The first-order chi connectivity index (χ1) is 8.49. The minimum Gasteiger partial charge on any atom is -0.467 e. The summed E-state index contributed by atoms with van der Waals surface area (Å²) in [6.07, 6.45) is -0.642. The minimum absolute atomic E-state index is 0.642. The Labute approximate surface area is 117 Å². The predicted molar refractivity (Wildman–Crippen MR) is 71.6 cm³/mol. The van der Waals surface area contributed by atoms with Crippen molar-refractivity contribution in [2.75, 3.05) is 7.11 Å². The Hall–Kier alpha value is -0.950. The lowest BCUT2D eigenvalue weighted by Crippen LogP contribution is -2.53. The number of aliphatic hydroxyl groups excluding tert-OH is 1. The number of hydrogen-bond acceptors (Lipinski definition) is 6. The molecule has 1 saturated heterocycles. The molecule has 0 aromatic heterocycles. The number of esters is 1. The Balaban J connectivity index is 3.04. The molecule has 1 amide bonds. The Bertz CT molecular complexity index is 377. The molecule has 7 heteroatoms. The van der Waals surface area contributed by atoms with Gasteiger partial charge in [0.1, 0.15) is 11.0 Å². The van der Waals surface area contributed by atoms with Gasteiger partial charge in [-0.2, -0.15) is 0 Å². The molecule has 0 aliphatic carbocycles. The highest BCUT2D eigenvalue weighted by atomic mass is 32.2. The van der Waals surface area contributed by atoms with Crippen molar-refractivity contribution in [2.45, 2.75) is 56.6 Å². The third kappa shape index (κ3) is 3.54. The first-order valence-electron chi connectivity index (χ1n) is 5.95. The summed E-state index contributed by atoms with van der Waals surface area (Å²) in [6, 6.07) is -1.06. The molecule has 6 nitrogen and oxygen atoms in total. The fourth-order valence-electron chi connectivity index (χ4n) is 1.87. The molecule has 110 valence electrons. The maximum absolute atomic E-state index is 12.2. The molecule has 1 aliphatic rings. The molecule has 1 rings (SSSR count). The number of nitrogens with zero attached hydrogens (tertiary/aromatic N) is 1. The second-order valence-electron chi connectivity index (χ2n) is 5.77. The number of methoxy groups -OCH3 is 1. The Morgan fingerprint density at radius 2 is 1.84 bits per heavy atom. The average Bonchev–Trinajstić information content (AvgIpc) is 2.44. The van der Waals surface area contributed by atoms with Crippen LogP contribution in [0.5, 0.6) is 0 Å². The van der Waals surface area contributed by atoms with Gasteiger partial charge in [0.25, 0.3) is 0 Å². The molecule has 0 unspecified atom stereocenters. The van der Waals surface area contributed by atoms with Crippen molar-refractivity contribution in [3.8, 4) is 0 Å². The summed E-state index contributed by atoms with van der Waals surface area (Å²) < 4.78 is 9.93. The zero-order chi connectivity index (χ0) is 15.0. The summed E-state index contributed by atoms with van der Waals surface area (Å²) in [5.41, 5.74) is -1.71. The van der Waals surface area contributed by atoms with Crippen LogP contribution in [-0.4, -0.2) is 51.1 Å². The molecule has 1 aliphatic heterocycles. The quantitative estimate of drug-likeness (QED) is 0.739. The van der Waals surface area contributed by atoms with Gasteiger partial charge in [0.15, 0.2) is 6.04 Å². The highest BCUT2D eigenvalue weighted by Crippen LogP contribution is 2.44. The first-order valence-corrected chi connectivity index (χ1v) is 6.83.